The van der Waals surface area contributed by atoms with Crippen molar-refractivity contribution in [2.24, 2.45) is 4.99 Å². The van der Waals surface area contributed by atoms with Crippen LogP contribution >= 0.6 is 11.6 Å². The number of hydrogen-bond acceptors (Lipinski definition) is 4. The monoisotopic (exact) mass is 347 g/mol. The predicted molar refractivity (Wildman–Crippen MR) is 93.2 cm³/mol. The number of nitrogens with zero attached hydrogens (tertiary/aromatic N) is 3. The van der Waals surface area contributed by atoms with E-state index in [2.05, 4.69) is 4.99 Å². The zero-order chi connectivity index (χ0) is 17.1. The molecule has 2 aromatic rings. The second-order valence-corrected chi connectivity index (χ2v) is 5.96. The topological polar surface area (TPSA) is 58.7 Å². The van der Waals surface area contributed by atoms with Crippen LogP contribution in [0.5, 0.6) is 0 Å². The quantitative estimate of drug-likeness (QED) is 0.456. The van der Waals surface area contributed by atoms with Crippen LogP contribution in [0, 0.1) is 15.9 Å². The number of nitro benzene ring substituents is 1. The molecular formula is C17H15ClFN3O2. The summed E-state index contributed by atoms with van der Waals surface area (Å²) < 4.78 is 14.2. The molecule has 1 aliphatic heterocycles. The van der Waals surface area contributed by atoms with E-state index in [1.807, 2.05) is 4.90 Å². The minimum atomic E-state index is -0.564. The Morgan fingerprint density at radius 2 is 1.96 bits per heavy atom. The fourth-order valence-electron chi connectivity index (χ4n) is 2.69. The lowest BCUT2D eigenvalue weighted by molar-refractivity contribution is -0.384. The molecule has 0 aromatic heterocycles. The average Bonchev–Trinajstić information content (AvgIpc) is 3.08. The number of hydrogen-bond donors (Lipinski definition) is 0. The van der Waals surface area contributed by atoms with Crippen molar-refractivity contribution in [2.45, 2.75) is 12.8 Å². The number of aliphatic imine (C=N–C) groups is 1. The molecule has 0 amide bonds. The summed E-state index contributed by atoms with van der Waals surface area (Å²) >= 11 is 5.76. The van der Waals surface area contributed by atoms with Crippen molar-refractivity contribution in [3.05, 3.63) is 62.9 Å². The van der Waals surface area contributed by atoms with E-state index in [9.17, 15) is 14.5 Å². The minimum absolute atomic E-state index is 0.0555. The summed E-state index contributed by atoms with van der Waals surface area (Å²) in [4.78, 5) is 16.5. The van der Waals surface area contributed by atoms with E-state index >= 15 is 0 Å². The van der Waals surface area contributed by atoms with Gasteiger partial charge in [-0.2, -0.15) is 0 Å². The minimum Gasteiger partial charge on any atom is -0.369 e. The number of rotatable bonds is 4. The highest BCUT2D eigenvalue weighted by Crippen LogP contribution is 2.29. The van der Waals surface area contributed by atoms with Gasteiger partial charge >= 0.3 is 0 Å². The number of anilines is 1. The van der Waals surface area contributed by atoms with Gasteiger partial charge < -0.3 is 4.90 Å². The second-order valence-electron chi connectivity index (χ2n) is 5.56. The molecule has 5 nitrogen and oxygen atoms in total. The van der Waals surface area contributed by atoms with Crippen LogP contribution in [0.3, 0.4) is 0 Å². The summed E-state index contributed by atoms with van der Waals surface area (Å²) in [5.41, 5.74) is 1.37. The molecule has 0 saturated carbocycles. The molecule has 1 heterocycles. The Balaban J connectivity index is 1.80. The van der Waals surface area contributed by atoms with Gasteiger partial charge in [-0.15, -0.1) is 0 Å². The van der Waals surface area contributed by atoms with E-state index in [0.29, 0.717) is 16.9 Å². The Bertz CT molecular complexity index is 804. The Kier molecular flexibility index (Phi) is 4.76. The summed E-state index contributed by atoms with van der Waals surface area (Å²) in [6, 6.07) is 9.22. The fourth-order valence-corrected chi connectivity index (χ4v) is 2.87. The van der Waals surface area contributed by atoms with Crippen LogP contribution < -0.4 is 4.90 Å². The van der Waals surface area contributed by atoms with Crippen molar-refractivity contribution in [3.63, 3.8) is 0 Å². The Hall–Kier alpha value is -2.47. The van der Waals surface area contributed by atoms with Gasteiger partial charge in [-0.25, -0.2) is 4.39 Å². The predicted octanol–water partition coefficient (Wildman–Crippen LogP) is 4.74. The Labute approximate surface area is 143 Å². The van der Waals surface area contributed by atoms with Crippen molar-refractivity contribution < 1.29 is 9.31 Å². The lowest BCUT2D eigenvalue weighted by atomic mass is 10.2. The second kappa shape index (κ2) is 6.97. The molecule has 2 aromatic carbocycles. The highest BCUT2D eigenvalue weighted by atomic mass is 35.5. The number of halogens is 2. The van der Waals surface area contributed by atoms with Crippen LogP contribution in [0.15, 0.2) is 41.4 Å². The third-order valence-corrected chi connectivity index (χ3v) is 4.23. The van der Waals surface area contributed by atoms with Crippen LogP contribution in [0.4, 0.5) is 21.5 Å². The maximum atomic E-state index is 14.2. The van der Waals surface area contributed by atoms with E-state index in [1.165, 1.54) is 24.4 Å². The molecule has 0 atom stereocenters. The third-order valence-electron chi connectivity index (χ3n) is 3.91. The molecular weight excluding hydrogens is 333 g/mol. The van der Waals surface area contributed by atoms with E-state index in [1.54, 1.807) is 18.2 Å². The molecule has 0 N–H and O–H groups in total. The molecule has 7 heteroatoms. The third kappa shape index (κ3) is 3.54. The zero-order valence-corrected chi connectivity index (χ0v) is 13.5. The van der Waals surface area contributed by atoms with Crippen molar-refractivity contribution in [3.8, 4) is 0 Å². The summed E-state index contributed by atoms with van der Waals surface area (Å²) in [5.74, 6) is -0.289. The fraction of sp³-hybridized carbons (Fsp3) is 0.235. The molecule has 0 spiro atoms. The van der Waals surface area contributed by atoms with Crippen molar-refractivity contribution in [1.29, 1.82) is 0 Å². The van der Waals surface area contributed by atoms with Crippen LogP contribution in [0.2, 0.25) is 5.02 Å². The van der Waals surface area contributed by atoms with Crippen molar-refractivity contribution >= 4 is 34.9 Å². The first-order valence-corrected chi connectivity index (χ1v) is 7.95. The molecule has 124 valence electrons. The SMILES string of the molecule is O=[N+]([O-])c1cc(N=Cc2ccc(N3CCCC3)c(F)c2)ccc1Cl. The van der Waals surface area contributed by atoms with Crippen LogP contribution in [0.25, 0.3) is 0 Å². The lowest BCUT2D eigenvalue weighted by Crippen LogP contribution is -2.18. The molecule has 0 bridgehead atoms. The maximum absolute atomic E-state index is 14.2. The first kappa shape index (κ1) is 16.4. The van der Waals surface area contributed by atoms with Gasteiger partial charge in [0.2, 0.25) is 0 Å². The summed E-state index contributed by atoms with van der Waals surface area (Å²) in [6.45, 7) is 1.75. The van der Waals surface area contributed by atoms with Gasteiger partial charge in [0.15, 0.2) is 0 Å². The summed E-state index contributed by atoms with van der Waals surface area (Å²) in [5, 5.41) is 10.9. The molecule has 3 rings (SSSR count). The van der Waals surface area contributed by atoms with Gasteiger partial charge in [0, 0.05) is 25.4 Å². The highest BCUT2D eigenvalue weighted by molar-refractivity contribution is 6.32. The Morgan fingerprint density at radius 1 is 1.21 bits per heavy atom. The molecule has 0 aliphatic carbocycles. The van der Waals surface area contributed by atoms with Gasteiger partial charge in [-0.05, 0) is 42.7 Å². The van der Waals surface area contributed by atoms with E-state index in [4.69, 9.17) is 11.6 Å². The first-order chi connectivity index (χ1) is 11.5. The van der Waals surface area contributed by atoms with Crippen molar-refractivity contribution in [1.82, 2.24) is 0 Å². The van der Waals surface area contributed by atoms with Crippen LogP contribution in [-0.2, 0) is 0 Å². The number of nitro groups is 1. The highest BCUT2D eigenvalue weighted by Gasteiger charge is 2.16. The molecule has 24 heavy (non-hydrogen) atoms. The number of benzene rings is 2. The van der Waals surface area contributed by atoms with Gasteiger partial charge in [0.05, 0.1) is 16.3 Å². The normalized spacial score (nSPS) is 14.5. The van der Waals surface area contributed by atoms with E-state index in [0.717, 1.165) is 25.9 Å². The van der Waals surface area contributed by atoms with Crippen LogP contribution in [-0.4, -0.2) is 24.2 Å². The summed E-state index contributed by atoms with van der Waals surface area (Å²) in [6.07, 6.45) is 3.64. The van der Waals surface area contributed by atoms with Crippen molar-refractivity contribution in [2.75, 3.05) is 18.0 Å². The smallest absolute Gasteiger partial charge is 0.290 e. The largest absolute Gasteiger partial charge is 0.369 e. The molecule has 0 radical (unpaired) electrons. The average molecular weight is 348 g/mol. The summed E-state index contributed by atoms with van der Waals surface area (Å²) in [7, 11) is 0. The molecule has 1 saturated heterocycles. The van der Waals surface area contributed by atoms with Crippen LogP contribution in [0.1, 0.15) is 18.4 Å². The zero-order valence-electron chi connectivity index (χ0n) is 12.8. The molecule has 1 aliphatic rings. The van der Waals surface area contributed by atoms with E-state index in [-0.39, 0.29) is 16.5 Å². The molecule has 0 unspecified atom stereocenters. The first-order valence-electron chi connectivity index (χ1n) is 7.57. The lowest BCUT2D eigenvalue weighted by Gasteiger charge is -2.18. The van der Waals surface area contributed by atoms with Gasteiger partial charge in [-0.1, -0.05) is 17.7 Å². The van der Waals surface area contributed by atoms with Gasteiger partial charge in [0.25, 0.3) is 5.69 Å². The molecule has 1 fully saturated rings. The van der Waals surface area contributed by atoms with Gasteiger partial charge in [0.1, 0.15) is 10.8 Å². The van der Waals surface area contributed by atoms with Gasteiger partial charge in [-0.3, -0.25) is 15.1 Å². The Morgan fingerprint density at radius 3 is 2.62 bits per heavy atom. The maximum Gasteiger partial charge on any atom is 0.290 e. The van der Waals surface area contributed by atoms with E-state index < -0.39 is 4.92 Å². The standard InChI is InChI=1S/C17H15ClFN3O2/c18-14-5-4-13(10-17(14)22(23)24)20-11-12-3-6-16(15(19)9-12)21-7-1-2-8-21/h3-6,9-11H,1-2,7-8H2.